The second-order valence-electron chi connectivity index (χ2n) is 7.53. The Balaban J connectivity index is 2.65. The Hall–Kier alpha value is -0.770. The van der Waals surface area contributed by atoms with Crippen molar-refractivity contribution in [1.29, 1.82) is 0 Å². The number of amides is 1. The highest BCUT2D eigenvalue weighted by atomic mass is 16.6. The van der Waals surface area contributed by atoms with E-state index >= 15 is 0 Å². The Bertz CT molecular complexity index is 334. The van der Waals surface area contributed by atoms with Crippen molar-refractivity contribution in [3.63, 3.8) is 0 Å². The minimum Gasteiger partial charge on any atom is -0.444 e. The zero-order chi connectivity index (χ0) is 16.8. The molecule has 2 atom stereocenters. The zero-order valence-corrected chi connectivity index (χ0v) is 15.4. The average molecular weight is 312 g/mol. The lowest BCUT2D eigenvalue weighted by molar-refractivity contribution is 0.0283. The van der Waals surface area contributed by atoms with E-state index in [1.807, 2.05) is 25.7 Å². The van der Waals surface area contributed by atoms with Gasteiger partial charge in [-0.2, -0.15) is 0 Å². The minimum absolute atomic E-state index is 0.159. The molecule has 0 aromatic heterocycles. The number of hydrogen-bond acceptors (Lipinski definition) is 3. The van der Waals surface area contributed by atoms with Crippen molar-refractivity contribution in [3.05, 3.63) is 0 Å². The van der Waals surface area contributed by atoms with Crippen LogP contribution in [0.4, 0.5) is 4.79 Å². The van der Waals surface area contributed by atoms with Gasteiger partial charge in [0.05, 0.1) is 0 Å². The molecule has 1 saturated heterocycles. The van der Waals surface area contributed by atoms with Crippen LogP contribution in [0.1, 0.15) is 67.2 Å². The van der Waals surface area contributed by atoms with E-state index < -0.39 is 5.60 Å². The molecular formula is C18H36N2O2. The molecule has 2 unspecified atom stereocenters. The van der Waals surface area contributed by atoms with Gasteiger partial charge in [-0.15, -0.1) is 0 Å². The molecule has 4 nitrogen and oxygen atoms in total. The fourth-order valence-electron chi connectivity index (χ4n) is 3.40. The number of nitrogens with one attached hydrogen (secondary N) is 1. The summed E-state index contributed by atoms with van der Waals surface area (Å²) in [6.45, 7) is 15.2. The van der Waals surface area contributed by atoms with E-state index in [1.165, 1.54) is 12.8 Å². The fraction of sp³-hybridized carbons (Fsp3) is 0.944. The molecule has 0 spiro atoms. The van der Waals surface area contributed by atoms with Crippen molar-refractivity contribution in [3.8, 4) is 0 Å². The van der Waals surface area contributed by atoms with Crippen molar-refractivity contribution in [2.75, 3.05) is 19.6 Å². The minimum atomic E-state index is -0.412. The normalized spacial score (nSPS) is 20.5. The molecule has 1 amide bonds. The molecule has 22 heavy (non-hydrogen) atoms. The molecule has 1 fully saturated rings. The summed E-state index contributed by atoms with van der Waals surface area (Å²) < 4.78 is 5.51. The van der Waals surface area contributed by atoms with E-state index in [0.717, 1.165) is 32.5 Å². The molecule has 4 heteroatoms. The smallest absolute Gasteiger partial charge is 0.410 e. The number of likely N-dealkylation sites (tertiary alicyclic amines) is 1. The van der Waals surface area contributed by atoms with E-state index in [2.05, 4.69) is 26.1 Å². The molecule has 1 aliphatic rings. The molecule has 1 rings (SSSR count). The van der Waals surface area contributed by atoms with Crippen molar-refractivity contribution in [2.24, 2.45) is 11.8 Å². The molecule has 0 aliphatic carbocycles. The van der Waals surface area contributed by atoms with Gasteiger partial charge in [-0.25, -0.2) is 4.79 Å². The van der Waals surface area contributed by atoms with E-state index in [1.54, 1.807) is 0 Å². The number of hydrogen-bond donors (Lipinski definition) is 1. The zero-order valence-electron chi connectivity index (χ0n) is 15.4. The highest BCUT2D eigenvalue weighted by Crippen LogP contribution is 2.28. The second kappa shape index (κ2) is 8.76. The molecule has 130 valence electrons. The summed E-state index contributed by atoms with van der Waals surface area (Å²) >= 11 is 0. The van der Waals surface area contributed by atoms with Gasteiger partial charge in [-0.05, 0) is 52.0 Å². The van der Waals surface area contributed by atoms with Crippen LogP contribution in [0.25, 0.3) is 0 Å². The van der Waals surface area contributed by atoms with Crippen LogP contribution < -0.4 is 5.32 Å². The number of carbonyl (C=O) groups is 1. The van der Waals surface area contributed by atoms with Crippen LogP contribution in [0.2, 0.25) is 0 Å². The summed E-state index contributed by atoms with van der Waals surface area (Å²) in [5, 5.41) is 3.74. The van der Waals surface area contributed by atoms with Gasteiger partial charge in [0.15, 0.2) is 0 Å². The summed E-state index contributed by atoms with van der Waals surface area (Å²) in [5.74, 6) is 1.24. The largest absolute Gasteiger partial charge is 0.444 e. The highest BCUT2D eigenvalue weighted by Gasteiger charge is 2.36. The van der Waals surface area contributed by atoms with Gasteiger partial charge in [0.25, 0.3) is 0 Å². The van der Waals surface area contributed by atoms with Gasteiger partial charge in [-0.1, -0.05) is 33.6 Å². The van der Waals surface area contributed by atoms with Gasteiger partial charge in [0.1, 0.15) is 5.60 Å². The van der Waals surface area contributed by atoms with Crippen LogP contribution in [0.3, 0.4) is 0 Å². The summed E-state index contributed by atoms with van der Waals surface area (Å²) in [7, 11) is 0. The Labute approximate surface area is 137 Å². The predicted octanol–water partition coefficient (Wildman–Crippen LogP) is 4.05. The van der Waals surface area contributed by atoms with Crippen LogP contribution >= 0.6 is 0 Å². The lowest BCUT2D eigenvalue weighted by Crippen LogP contribution is -2.44. The third-order valence-corrected chi connectivity index (χ3v) is 4.57. The summed E-state index contributed by atoms with van der Waals surface area (Å²) in [6.07, 6.45) is 4.46. The topological polar surface area (TPSA) is 41.6 Å². The molecule has 1 aliphatic heterocycles. The molecular weight excluding hydrogens is 276 g/mol. The lowest BCUT2D eigenvalue weighted by Gasteiger charge is -2.32. The van der Waals surface area contributed by atoms with Gasteiger partial charge >= 0.3 is 6.09 Å². The first-order valence-corrected chi connectivity index (χ1v) is 9.03. The Morgan fingerprint density at radius 3 is 2.41 bits per heavy atom. The Morgan fingerprint density at radius 1 is 1.27 bits per heavy atom. The first-order valence-electron chi connectivity index (χ1n) is 9.03. The van der Waals surface area contributed by atoms with Crippen LogP contribution in [0.5, 0.6) is 0 Å². The number of nitrogens with zero attached hydrogens (tertiary/aromatic N) is 1. The van der Waals surface area contributed by atoms with Crippen LogP contribution in [-0.2, 0) is 4.74 Å². The van der Waals surface area contributed by atoms with Gasteiger partial charge in [0, 0.05) is 19.1 Å². The van der Waals surface area contributed by atoms with Crippen LogP contribution in [-0.4, -0.2) is 42.3 Å². The summed E-state index contributed by atoms with van der Waals surface area (Å²) in [6, 6.07) is 0.516. The maximum atomic E-state index is 12.2. The molecule has 0 bridgehead atoms. The van der Waals surface area contributed by atoms with E-state index in [-0.39, 0.29) is 6.09 Å². The molecule has 0 aromatic rings. The van der Waals surface area contributed by atoms with E-state index in [9.17, 15) is 4.79 Å². The highest BCUT2D eigenvalue weighted by molar-refractivity contribution is 5.68. The number of ether oxygens (including phenoxy) is 1. The molecule has 1 N–H and O–H groups in total. The Morgan fingerprint density at radius 2 is 1.91 bits per heavy atom. The van der Waals surface area contributed by atoms with Gasteiger partial charge < -0.3 is 15.0 Å². The third-order valence-electron chi connectivity index (χ3n) is 4.57. The van der Waals surface area contributed by atoms with Crippen LogP contribution in [0.15, 0.2) is 0 Å². The second-order valence-corrected chi connectivity index (χ2v) is 7.53. The number of rotatable bonds is 7. The lowest BCUT2D eigenvalue weighted by atomic mass is 9.84. The van der Waals surface area contributed by atoms with E-state index in [4.69, 9.17) is 4.74 Å². The summed E-state index contributed by atoms with van der Waals surface area (Å²) in [4.78, 5) is 14.1. The third kappa shape index (κ3) is 5.79. The van der Waals surface area contributed by atoms with Crippen molar-refractivity contribution >= 4 is 6.09 Å². The average Bonchev–Trinajstić information content (AvgIpc) is 2.91. The monoisotopic (exact) mass is 312 g/mol. The molecule has 0 aromatic carbocycles. The van der Waals surface area contributed by atoms with Crippen molar-refractivity contribution in [1.82, 2.24) is 10.2 Å². The first kappa shape index (κ1) is 19.3. The molecule has 0 radical (unpaired) electrons. The Kier molecular flexibility index (Phi) is 7.67. The van der Waals surface area contributed by atoms with Gasteiger partial charge in [-0.3, -0.25) is 0 Å². The first-order chi connectivity index (χ1) is 10.3. The maximum absolute atomic E-state index is 12.2. The number of carbonyl (C=O) groups excluding carboxylic acids is 1. The quantitative estimate of drug-likeness (QED) is 0.771. The standard InChI is InChI=1S/C18H36N2O2/c1-7-11-19-16(14(8-2)9-3)15-10-12-20(13-15)17(21)22-18(4,5)6/h14-16,19H,7-13H2,1-6H3. The predicted molar refractivity (Wildman–Crippen MR) is 92.1 cm³/mol. The van der Waals surface area contributed by atoms with E-state index in [0.29, 0.717) is 17.9 Å². The van der Waals surface area contributed by atoms with Crippen LogP contribution in [0, 0.1) is 11.8 Å². The molecule has 0 saturated carbocycles. The summed E-state index contributed by atoms with van der Waals surface area (Å²) in [5.41, 5.74) is -0.412. The van der Waals surface area contributed by atoms with Crippen molar-refractivity contribution < 1.29 is 9.53 Å². The van der Waals surface area contributed by atoms with Gasteiger partial charge in [0.2, 0.25) is 0 Å². The SMILES string of the molecule is CCCNC(C(CC)CC)C1CCN(C(=O)OC(C)(C)C)C1. The maximum Gasteiger partial charge on any atom is 0.410 e. The van der Waals surface area contributed by atoms with Crippen molar-refractivity contribution in [2.45, 2.75) is 78.9 Å². The fourth-order valence-corrected chi connectivity index (χ4v) is 3.40. The molecule has 1 heterocycles.